The van der Waals surface area contributed by atoms with Crippen LogP contribution in [-0.4, -0.2) is 23.9 Å². The van der Waals surface area contributed by atoms with Gasteiger partial charge in [-0.2, -0.15) is 4.99 Å². The van der Waals surface area contributed by atoms with Gasteiger partial charge in [0.05, 0.1) is 6.21 Å². The first-order valence-corrected chi connectivity index (χ1v) is 7.62. The summed E-state index contributed by atoms with van der Waals surface area (Å²) in [4.78, 5) is 7.86. The Morgan fingerprint density at radius 1 is 1.39 bits per heavy atom. The third kappa shape index (κ3) is 8.06. The van der Waals surface area contributed by atoms with E-state index in [1.54, 1.807) is 0 Å². The summed E-state index contributed by atoms with van der Waals surface area (Å²) >= 11 is 5.07. The lowest BCUT2D eigenvalue weighted by atomic mass is 10.2. The Labute approximate surface area is 141 Å². The van der Waals surface area contributed by atoms with E-state index in [4.69, 9.17) is 22.7 Å². The molecule has 0 atom stereocenters. The van der Waals surface area contributed by atoms with Crippen LogP contribution in [0.2, 0.25) is 0 Å². The van der Waals surface area contributed by atoms with Gasteiger partial charge in [-0.25, -0.2) is 9.38 Å². The molecule has 0 amide bonds. The normalized spacial score (nSPS) is 12.5. The molecule has 23 heavy (non-hydrogen) atoms. The van der Waals surface area contributed by atoms with Crippen LogP contribution in [0, 0.1) is 6.92 Å². The van der Waals surface area contributed by atoms with Crippen LogP contribution in [0.5, 0.6) is 0 Å². The lowest BCUT2D eigenvalue weighted by molar-refractivity contribution is 0.288. The van der Waals surface area contributed by atoms with Gasteiger partial charge in [0.15, 0.2) is 10.9 Å². The zero-order valence-corrected chi connectivity index (χ0v) is 14.1. The molecule has 0 saturated carbocycles. The molecule has 5 nitrogen and oxygen atoms in total. The van der Waals surface area contributed by atoms with E-state index < -0.39 is 5.83 Å². The number of amidine groups is 1. The van der Waals surface area contributed by atoms with Crippen molar-refractivity contribution in [2.45, 2.75) is 26.9 Å². The van der Waals surface area contributed by atoms with Crippen molar-refractivity contribution in [1.29, 1.82) is 0 Å². The Bertz CT molecular complexity index is 597. The number of benzene rings is 1. The number of hydrogen-bond donors (Lipinski definition) is 2. The van der Waals surface area contributed by atoms with Gasteiger partial charge in [-0.15, -0.1) is 0 Å². The fourth-order valence-electron chi connectivity index (χ4n) is 1.45. The maximum absolute atomic E-state index is 13.1. The minimum Gasteiger partial charge on any atom is -0.459 e. The Balaban J connectivity index is 2.77. The Hall–Kier alpha value is -2.28. The molecule has 0 aliphatic heterocycles. The third-order valence-corrected chi connectivity index (χ3v) is 2.91. The van der Waals surface area contributed by atoms with E-state index in [2.05, 4.69) is 15.3 Å². The summed E-state index contributed by atoms with van der Waals surface area (Å²) < 4.78 is 18.6. The number of rotatable bonds is 5. The molecule has 0 unspecified atom stereocenters. The van der Waals surface area contributed by atoms with Gasteiger partial charge in [0, 0.05) is 12.7 Å². The number of aliphatic imine (C=N–C) groups is 2. The van der Waals surface area contributed by atoms with Crippen molar-refractivity contribution in [1.82, 2.24) is 5.32 Å². The summed E-state index contributed by atoms with van der Waals surface area (Å²) in [5.74, 6) is -0.691. The number of nitrogens with zero attached hydrogens (tertiary/aromatic N) is 2. The lowest BCUT2D eigenvalue weighted by Crippen LogP contribution is -2.21. The molecule has 0 heterocycles. The second kappa shape index (κ2) is 10.4. The van der Waals surface area contributed by atoms with Crippen molar-refractivity contribution in [3.8, 4) is 0 Å². The van der Waals surface area contributed by atoms with Crippen LogP contribution in [-0.2, 0) is 11.3 Å². The SMILES string of the molecule is CCCNC(=S)\N=C(/N=C\C(F)=C\N)OCc1ccc(C)cc1. The molecular weight excluding hydrogens is 315 g/mol. The zero-order valence-electron chi connectivity index (χ0n) is 13.3. The van der Waals surface area contributed by atoms with E-state index >= 15 is 0 Å². The molecule has 0 fully saturated rings. The number of allylic oxidation sites excluding steroid dienone is 1. The predicted molar refractivity (Wildman–Crippen MR) is 96.2 cm³/mol. The maximum Gasteiger partial charge on any atom is 0.319 e. The second-order valence-electron chi connectivity index (χ2n) is 4.71. The summed E-state index contributed by atoms with van der Waals surface area (Å²) in [6.07, 6.45) is 2.63. The van der Waals surface area contributed by atoms with Gasteiger partial charge in [0.1, 0.15) is 6.61 Å². The highest BCUT2D eigenvalue weighted by molar-refractivity contribution is 7.80. The van der Waals surface area contributed by atoms with Gasteiger partial charge >= 0.3 is 6.02 Å². The lowest BCUT2D eigenvalue weighted by Gasteiger charge is -2.07. The number of nitrogens with two attached hydrogens (primary N) is 1. The van der Waals surface area contributed by atoms with E-state index in [9.17, 15) is 4.39 Å². The fraction of sp³-hybridized carbons (Fsp3) is 0.312. The number of halogens is 1. The van der Waals surface area contributed by atoms with Crippen LogP contribution in [0.3, 0.4) is 0 Å². The van der Waals surface area contributed by atoms with Gasteiger partial charge in [-0.05, 0) is 31.1 Å². The quantitative estimate of drug-likeness (QED) is 0.492. The van der Waals surface area contributed by atoms with Crippen molar-refractivity contribution in [3.05, 3.63) is 47.4 Å². The molecule has 7 heteroatoms. The van der Waals surface area contributed by atoms with E-state index in [0.29, 0.717) is 6.54 Å². The minimum absolute atomic E-state index is 0.0313. The first-order valence-electron chi connectivity index (χ1n) is 7.21. The minimum atomic E-state index is -0.691. The number of ether oxygens (including phenoxy) is 1. The van der Waals surface area contributed by atoms with E-state index in [1.165, 1.54) is 0 Å². The van der Waals surface area contributed by atoms with E-state index in [0.717, 1.165) is 30.0 Å². The summed E-state index contributed by atoms with van der Waals surface area (Å²) in [5.41, 5.74) is 7.16. The average Bonchev–Trinajstić information content (AvgIpc) is 2.56. The average molecular weight is 336 g/mol. The molecule has 0 aliphatic carbocycles. The smallest absolute Gasteiger partial charge is 0.319 e. The molecule has 0 aliphatic rings. The third-order valence-electron chi connectivity index (χ3n) is 2.67. The highest BCUT2D eigenvalue weighted by Crippen LogP contribution is 2.05. The van der Waals surface area contributed by atoms with Gasteiger partial charge in [-0.1, -0.05) is 36.8 Å². The fourth-order valence-corrected chi connectivity index (χ4v) is 1.63. The number of hydrogen-bond acceptors (Lipinski definition) is 3. The molecule has 0 radical (unpaired) electrons. The molecule has 1 aromatic carbocycles. The van der Waals surface area contributed by atoms with Crippen molar-refractivity contribution in [3.63, 3.8) is 0 Å². The molecule has 0 aromatic heterocycles. The van der Waals surface area contributed by atoms with E-state index in [-0.39, 0.29) is 17.7 Å². The first kappa shape index (κ1) is 18.8. The van der Waals surface area contributed by atoms with Crippen LogP contribution in [0.15, 0.2) is 46.3 Å². The van der Waals surface area contributed by atoms with Crippen LogP contribution in [0.4, 0.5) is 4.39 Å². The van der Waals surface area contributed by atoms with Crippen LogP contribution >= 0.6 is 12.2 Å². The summed E-state index contributed by atoms with van der Waals surface area (Å²) in [6.45, 7) is 4.95. The molecule has 124 valence electrons. The summed E-state index contributed by atoms with van der Waals surface area (Å²) in [6, 6.07) is 7.79. The molecule has 0 saturated heterocycles. The largest absolute Gasteiger partial charge is 0.459 e. The predicted octanol–water partition coefficient (Wildman–Crippen LogP) is 2.99. The van der Waals surface area contributed by atoms with Gasteiger partial charge in [0.2, 0.25) is 0 Å². The molecule has 3 N–H and O–H groups in total. The zero-order chi connectivity index (χ0) is 17.1. The number of aryl methyl sites for hydroxylation is 1. The van der Waals surface area contributed by atoms with Crippen LogP contribution < -0.4 is 11.1 Å². The molecule has 1 rings (SSSR count). The van der Waals surface area contributed by atoms with Crippen LogP contribution in [0.25, 0.3) is 0 Å². The maximum atomic E-state index is 13.1. The number of nitrogens with one attached hydrogen (secondary N) is 1. The second-order valence-corrected chi connectivity index (χ2v) is 5.10. The highest BCUT2D eigenvalue weighted by Gasteiger charge is 2.02. The van der Waals surface area contributed by atoms with Crippen molar-refractivity contribution in [2.75, 3.05) is 6.54 Å². The standard InChI is InChI=1S/C16H21FN4OS/c1-3-8-19-16(23)21-15(20-10-14(17)9-18)22-11-13-6-4-12(2)5-7-13/h4-7,9-10H,3,8,11,18H2,1-2H3,(H,19,23)/b14-9-,20-10-,21-15+. The summed E-state index contributed by atoms with van der Waals surface area (Å²) in [7, 11) is 0. The first-order chi connectivity index (χ1) is 11.0. The Kier molecular flexibility index (Phi) is 8.52. The molecule has 1 aromatic rings. The molecule has 0 bridgehead atoms. The Morgan fingerprint density at radius 3 is 2.70 bits per heavy atom. The monoisotopic (exact) mass is 336 g/mol. The van der Waals surface area contributed by atoms with E-state index in [1.807, 2.05) is 38.1 Å². The van der Waals surface area contributed by atoms with Gasteiger partial charge in [-0.3, -0.25) is 0 Å². The highest BCUT2D eigenvalue weighted by atomic mass is 32.1. The van der Waals surface area contributed by atoms with Crippen molar-refractivity contribution >= 4 is 29.6 Å². The van der Waals surface area contributed by atoms with Gasteiger partial charge in [0.25, 0.3) is 0 Å². The molecular formula is C16H21FN4OS. The van der Waals surface area contributed by atoms with Crippen molar-refractivity contribution < 1.29 is 9.13 Å². The van der Waals surface area contributed by atoms with Crippen LogP contribution in [0.1, 0.15) is 24.5 Å². The topological polar surface area (TPSA) is 72.0 Å². The van der Waals surface area contributed by atoms with Crippen molar-refractivity contribution in [2.24, 2.45) is 15.7 Å². The summed E-state index contributed by atoms with van der Waals surface area (Å²) in [5, 5.41) is 3.16. The van der Waals surface area contributed by atoms with Gasteiger partial charge < -0.3 is 15.8 Å². The Morgan fingerprint density at radius 2 is 2.09 bits per heavy atom. The number of thiocarbonyl (C=S) groups is 1. The molecule has 0 spiro atoms.